The standard InChI is InChI=1S/C28H28N6O2S/c1-18-16-22(19(2)33(18)24-9-5-7-15-30-24)27-26(23-8-4-6-14-29-23)32-28(37)34(27)21-12-10-20(11-13-21)31-25(35)17-36-3/h4-16,26-27H,17H2,1-3H3,(H,31,35)(H,32,37)/t26-,27+/m1/s1. The van der Waals surface area contributed by atoms with Gasteiger partial charge in [-0.1, -0.05) is 12.1 Å². The van der Waals surface area contributed by atoms with Crippen LogP contribution in [0.3, 0.4) is 0 Å². The van der Waals surface area contributed by atoms with Crippen LogP contribution in [0.2, 0.25) is 0 Å². The number of aryl methyl sites for hydroxylation is 1. The van der Waals surface area contributed by atoms with Gasteiger partial charge in [0.1, 0.15) is 12.4 Å². The lowest BCUT2D eigenvalue weighted by Gasteiger charge is -2.28. The van der Waals surface area contributed by atoms with E-state index in [0.29, 0.717) is 10.8 Å². The first-order valence-corrected chi connectivity index (χ1v) is 12.4. The lowest BCUT2D eigenvalue weighted by atomic mass is 9.96. The first-order valence-electron chi connectivity index (χ1n) is 12.0. The number of hydrogen-bond acceptors (Lipinski definition) is 5. The molecule has 3 aromatic heterocycles. The van der Waals surface area contributed by atoms with Crippen LogP contribution in [-0.4, -0.2) is 39.3 Å². The third kappa shape index (κ3) is 4.83. The summed E-state index contributed by atoms with van der Waals surface area (Å²) in [7, 11) is 1.49. The Labute approximate surface area is 221 Å². The molecule has 188 valence electrons. The van der Waals surface area contributed by atoms with Crippen LogP contribution < -0.4 is 15.5 Å². The third-order valence-electron chi connectivity index (χ3n) is 6.47. The Hall–Kier alpha value is -4.08. The van der Waals surface area contributed by atoms with Crippen molar-refractivity contribution in [3.63, 3.8) is 0 Å². The van der Waals surface area contributed by atoms with Gasteiger partial charge in [-0.2, -0.15) is 0 Å². The molecule has 0 saturated carbocycles. The number of hydrogen-bond donors (Lipinski definition) is 2. The highest BCUT2D eigenvalue weighted by atomic mass is 32.1. The minimum atomic E-state index is -0.205. The van der Waals surface area contributed by atoms with Crippen LogP contribution in [0.1, 0.15) is 34.7 Å². The lowest BCUT2D eigenvalue weighted by molar-refractivity contribution is -0.119. The summed E-state index contributed by atoms with van der Waals surface area (Å²) in [5.41, 5.74) is 5.80. The first kappa shape index (κ1) is 24.6. The SMILES string of the molecule is COCC(=O)Nc1ccc(N2C(=S)N[C@H](c3ccccn3)[C@@H]2c2cc(C)n(-c3ccccn3)c2C)cc1. The van der Waals surface area contributed by atoms with Crippen LogP contribution in [0.5, 0.6) is 0 Å². The smallest absolute Gasteiger partial charge is 0.250 e. The van der Waals surface area contributed by atoms with Crippen LogP contribution in [0.15, 0.2) is 79.1 Å². The number of ether oxygens (including phenoxy) is 1. The number of nitrogens with one attached hydrogen (secondary N) is 2. The van der Waals surface area contributed by atoms with E-state index in [0.717, 1.165) is 34.2 Å². The summed E-state index contributed by atoms with van der Waals surface area (Å²) in [4.78, 5) is 23.3. The second-order valence-electron chi connectivity index (χ2n) is 8.87. The van der Waals surface area contributed by atoms with E-state index in [4.69, 9.17) is 17.0 Å². The molecule has 37 heavy (non-hydrogen) atoms. The zero-order chi connectivity index (χ0) is 25.9. The predicted molar refractivity (Wildman–Crippen MR) is 148 cm³/mol. The van der Waals surface area contributed by atoms with Crippen LogP contribution >= 0.6 is 12.2 Å². The van der Waals surface area contributed by atoms with Gasteiger partial charge in [0.2, 0.25) is 5.91 Å². The summed E-state index contributed by atoms with van der Waals surface area (Å²) in [5.74, 6) is 0.665. The number of benzene rings is 1. The van der Waals surface area contributed by atoms with Gasteiger partial charge in [-0.25, -0.2) is 4.98 Å². The van der Waals surface area contributed by atoms with Crippen molar-refractivity contribution >= 4 is 34.6 Å². The van der Waals surface area contributed by atoms with Crippen LogP contribution in [0, 0.1) is 13.8 Å². The molecule has 0 aliphatic carbocycles. The maximum Gasteiger partial charge on any atom is 0.250 e. The molecular weight excluding hydrogens is 484 g/mol. The Bertz CT molecular complexity index is 1410. The zero-order valence-corrected chi connectivity index (χ0v) is 21.7. The number of methoxy groups -OCH3 is 1. The van der Waals surface area contributed by atoms with E-state index >= 15 is 0 Å². The normalized spacial score (nSPS) is 17.1. The monoisotopic (exact) mass is 512 g/mol. The average molecular weight is 513 g/mol. The van der Waals surface area contributed by atoms with Gasteiger partial charge in [0.25, 0.3) is 0 Å². The summed E-state index contributed by atoms with van der Waals surface area (Å²) in [6.07, 6.45) is 3.60. The highest BCUT2D eigenvalue weighted by Gasteiger charge is 2.42. The Kier molecular flexibility index (Phi) is 6.98. The number of amides is 1. The van der Waals surface area contributed by atoms with E-state index in [-0.39, 0.29) is 24.6 Å². The molecule has 1 aliphatic rings. The summed E-state index contributed by atoms with van der Waals surface area (Å²) >= 11 is 5.87. The van der Waals surface area contributed by atoms with Gasteiger partial charge in [-0.05, 0) is 86.2 Å². The quantitative estimate of drug-likeness (QED) is 0.349. The van der Waals surface area contributed by atoms with Crippen LogP contribution in [0.25, 0.3) is 5.82 Å². The molecule has 1 fully saturated rings. The van der Waals surface area contributed by atoms with E-state index in [1.807, 2.05) is 60.7 Å². The molecule has 4 aromatic rings. The van der Waals surface area contributed by atoms with Crippen molar-refractivity contribution < 1.29 is 9.53 Å². The maximum absolute atomic E-state index is 11.9. The molecule has 0 radical (unpaired) electrons. The predicted octanol–water partition coefficient (Wildman–Crippen LogP) is 4.65. The lowest BCUT2D eigenvalue weighted by Crippen LogP contribution is -2.29. The van der Waals surface area contributed by atoms with Crippen molar-refractivity contribution in [3.8, 4) is 5.82 Å². The van der Waals surface area contributed by atoms with E-state index in [2.05, 4.69) is 50.0 Å². The fourth-order valence-corrected chi connectivity index (χ4v) is 5.25. The molecule has 0 bridgehead atoms. The Morgan fingerprint density at radius 2 is 1.78 bits per heavy atom. The van der Waals surface area contributed by atoms with Gasteiger partial charge in [0, 0.05) is 42.3 Å². The number of pyridine rings is 2. The molecule has 2 atom stereocenters. The van der Waals surface area contributed by atoms with Crippen molar-refractivity contribution in [3.05, 3.63) is 102 Å². The van der Waals surface area contributed by atoms with Gasteiger partial charge in [0.15, 0.2) is 5.11 Å². The molecule has 5 rings (SSSR count). The Morgan fingerprint density at radius 1 is 1.05 bits per heavy atom. The fourth-order valence-electron chi connectivity index (χ4n) is 4.91. The second kappa shape index (κ2) is 10.5. The Morgan fingerprint density at radius 3 is 2.43 bits per heavy atom. The second-order valence-corrected chi connectivity index (χ2v) is 9.26. The van der Waals surface area contributed by atoms with Crippen molar-refractivity contribution in [2.45, 2.75) is 25.9 Å². The molecule has 8 nitrogen and oxygen atoms in total. The van der Waals surface area contributed by atoms with Crippen LogP contribution in [-0.2, 0) is 9.53 Å². The molecule has 1 amide bonds. The van der Waals surface area contributed by atoms with Crippen molar-refractivity contribution in [1.82, 2.24) is 19.9 Å². The van der Waals surface area contributed by atoms with E-state index in [9.17, 15) is 4.79 Å². The van der Waals surface area contributed by atoms with Crippen molar-refractivity contribution in [2.75, 3.05) is 23.9 Å². The van der Waals surface area contributed by atoms with Crippen LogP contribution in [0.4, 0.5) is 11.4 Å². The topological polar surface area (TPSA) is 84.3 Å². The summed E-state index contributed by atoms with van der Waals surface area (Å²) in [6.45, 7) is 4.20. The number of carbonyl (C=O) groups excluding carboxylic acids is 1. The number of rotatable bonds is 7. The minimum absolute atomic E-state index is 0.00159. The van der Waals surface area contributed by atoms with Gasteiger partial charge < -0.3 is 24.8 Å². The fraction of sp³-hybridized carbons (Fsp3) is 0.214. The molecule has 1 aliphatic heterocycles. The summed E-state index contributed by atoms with van der Waals surface area (Å²) in [5, 5.41) is 6.96. The molecule has 2 N–H and O–H groups in total. The molecular formula is C28H28N6O2S. The molecule has 9 heteroatoms. The number of aromatic nitrogens is 3. The van der Waals surface area contributed by atoms with Crippen molar-refractivity contribution in [1.29, 1.82) is 0 Å². The maximum atomic E-state index is 11.9. The van der Waals surface area contributed by atoms with E-state index in [1.165, 1.54) is 7.11 Å². The zero-order valence-electron chi connectivity index (χ0n) is 20.9. The molecule has 1 aromatic carbocycles. The largest absolute Gasteiger partial charge is 0.375 e. The number of carbonyl (C=O) groups is 1. The highest BCUT2D eigenvalue weighted by Crippen LogP contribution is 2.43. The first-order chi connectivity index (χ1) is 18.0. The molecule has 0 spiro atoms. The van der Waals surface area contributed by atoms with Gasteiger partial charge in [-0.3, -0.25) is 9.78 Å². The summed E-state index contributed by atoms with van der Waals surface area (Å²) < 4.78 is 7.07. The number of anilines is 2. The minimum Gasteiger partial charge on any atom is -0.375 e. The summed E-state index contributed by atoms with van der Waals surface area (Å²) in [6, 6.07) is 21.4. The highest BCUT2D eigenvalue weighted by molar-refractivity contribution is 7.80. The van der Waals surface area contributed by atoms with E-state index in [1.54, 1.807) is 12.4 Å². The van der Waals surface area contributed by atoms with Crippen molar-refractivity contribution in [2.24, 2.45) is 0 Å². The Balaban J connectivity index is 1.57. The van der Waals surface area contributed by atoms with E-state index < -0.39 is 0 Å². The number of nitrogens with zero attached hydrogens (tertiary/aromatic N) is 4. The van der Waals surface area contributed by atoms with Gasteiger partial charge in [0.05, 0.1) is 17.8 Å². The molecule has 0 unspecified atom stereocenters. The van der Waals surface area contributed by atoms with Gasteiger partial charge >= 0.3 is 0 Å². The molecule has 4 heterocycles. The third-order valence-corrected chi connectivity index (χ3v) is 6.78. The average Bonchev–Trinajstić information content (AvgIpc) is 3.40. The molecule has 1 saturated heterocycles. The number of thiocarbonyl (C=S) groups is 1. The van der Waals surface area contributed by atoms with Gasteiger partial charge in [-0.15, -0.1) is 0 Å².